The van der Waals surface area contributed by atoms with Gasteiger partial charge >= 0.3 is 0 Å². The molecule has 2 N–H and O–H groups in total. The van der Waals surface area contributed by atoms with Gasteiger partial charge in [-0.05, 0) is 30.0 Å². The predicted octanol–water partition coefficient (Wildman–Crippen LogP) is 2.60. The molecular formula is C14H18BrNO2. The minimum atomic E-state index is -0.115. The number of nitrogens with one attached hydrogen (secondary N) is 1. The van der Waals surface area contributed by atoms with Crippen LogP contribution in [0.5, 0.6) is 0 Å². The van der Waals surface area contributed by atoms with E-state index in [0.717, 1.165) is 10.0 Å². The van der Waals surface area contributed by atoms with Crippen molar-refractivity contribution in [1.82, 2.24) is 5.32 Å². The van der Waals surface area contributed by atoms with Crippen molar-refractivity contribution in [2.45, 2.75) is 13.3 Å². The van der Waals surface area contributed by atoms with Gasteiger partial charge in [-0.15, -0.1) is 0 Å². The molecule has 3 nitrogen and oxygen atoms in total. The molecule has 0 saturated carbocycles. The molecule has 0 radical (unpaired) electrons. The highest BCUT2D eigenvalue weighted by atomic mass is 79.9. The molecule has 0 aliphatic rings. The Kier molecular flexibility index (Phi) is 6.68. The normalized spacial score (nSPS) is 12.6. The highest BCUT2D eigenvalue weighted by Gasteiger charge is 2.02. The van der Waals surface area contributed by atoms with Gasteiger partial charge in [-0.2, -0.15) is 0 Å². The number of carbonyl (C=O) groups excluding carboxylic acids is 1. The van der Waals surface area contributed by atoms with Crippen LogP contribution in [0.2, 0.25) is 0 Å². The summed E-state index contributed by atoms with van der Waals surface area (Å²) in [5.41, 5.74) is 0.969. The first-order chi connectivity index (χ1) is 8.63. The summed E-state index contributed by atoms with van der Waals surface area (Å²) < 4.78 is 0.961. The van der Waals surface area contributed by atoms with Gasteiger partial charge in [0, 0.05) is 23.7 Å². The van der Waals surface area contributed by atoms with Crippen LogP contribution < -0.4 is 5.32 Å². The van der Waals surface area contributed by atoms with Gasteiger partial charge in [0.15, 0.2) is 0 Å². The SMILES string of the molecule is CC(CCO)CNC(=O)C=Cc1ccccc1Br. The third-order valence-electron chi connectivity index (χ3n) is 2.57. The smallest absolute Gasteiger partial charge is 0.244 e. The van der Waals surface area contributed by atoms with Crippen LogP contribution >= 0.6 is 15.9 Å². The number of hydrogen-bond donors (Lipinski definition) is 2. The first-order valence-corrected chi connectivity index (χ1v) is 6.74. The number of amides is 1. The quantitative estimate of drug-likeness (QED) is 0.793. The van der Waals surface area contributed by atoms with Gasteiger partial charge in [0.2, 0.25) is 5.91 Å². The molecule has 1 aromatic rings. The molecule has 4 heteroatoms. The summed E-state index contributed by atoms with van der Waals surface area (Å²) in [5, 5.41) is 11.6. The van der Waals surface area contributed by atoms with Crippen LogP contribution in [-0.4, -0.2) is 24.2 Å². The molecule has 0 bridgehead atoms. The average Bonchev–Trinajstić information content (AvgIpc) is 2.36. The zero-order valence-corrected chi connectivity index (χ0v) is 12.0. The lowest BCUT2D eigenvalue weighted by molar-refractivity contribution is -0.116. The molecule has 0 aromatic heterocycles. The van der Waals surface area contributed by atoms with E-state index in [0.29, 0.717) is 13.0 Å². The van der Waals surface area contributed by atoms with Gasteiger partial charge in [0.25, 0.3) is 0 Å². The molecule has 1 rings (SSSR count). The Bertz CT molecular complexity index is 418. The van der Waals surface area contributed by atoms with Crippen molar-refractivity contribution in [2.75, 3.05) is 13.2 Å². The van der Waals surface area contributed by atoms with Gasteiger partial charge in [-0.25, -0.2) is 0 Å². The zero-order valence-electron chi connectivity index (χ0n) is 10.4. The Morgan fingerprint density at radius 1 is 1.50 bits per heavy atom. The van der Waals surface area contributed by atoms with Crippen LogP contribution in [0.3, 0.4) is 0 Å². The third-order valence-corrected chi connectivity index (χ3v) is 3.29. The summed E-state index contributed by atoms with van der Waals surface area (Å²) in [6.45, 7) is 2.73. The summed E-state index contributed by atoms with van der Waals surface area (Å²) in [7, 11) is 0. The molecule has 0 spiro atoms. The molecule has 1 amide bonds. The Labute approximate surface area is 116 Å². The number of aliphatic hydroxyl groups excluding tert-OH is 1. The number of aliphatic hydroxyl groups is 1. The second kappa shape index (κ2) is 8.06. The molecule has 0 heterocycles. The maximum absolute atomic E-state index is 11.6. The van der Waals surface area contributed by atoms with Crippen molar-refractivity contribution in [3.05, 3.63) is 40.4 Å². The summed E-state index contributed by atoms with van der Waals surface area (Å²) in [4.78, 5) is 11.6. The Balaban J connectivity index is 2.43. The van der Waals surface area contributed by atoms with Crippen LogP contribution in [0.4, 0.5) is 0 Å². The van der Waals surface area contributed by atoms with Crippen LogP contribution in [0.1, 0.15) is 18.9 Å². The maximum atomic E-state index is 11.6. The molecule has 1 unspecified atom stereocenters. The Morgan fingerprint density at radius 2 is 2.22 bits per heavy atom. The van der Waals surface area contributed by atoms with E-state index in [1.54, 1.807) is 6.08 Å². The van der Waals surface area contributed by atoms with Crippen LogP contribution in [0.25, 0.3) is 6.08 Å². The summed E-state index contributed by atoms with van der Waals surface area (Å²) in [6, 6.07) is 7.72. The van der Waals surface area contributed by atoms with Crippen molar-refractivity contribution in [3.8, 4) is 0 Å². The number of halogens is 1. The highest BCUT2D eigenvalue weighted by molar-refractivity contribution is 9.10. The summed E-state index contributed by atoms with van der Waals surface area (Å²) >= 11 is 3.42. The summed E-state index contributed by atoms with van der Waals surface area (Å²) in [5.74, 6) is 0.173. The fourth-order valence-electron chi connectivity index (χ4n) is 1.43. The van der Waals surface area contributed by atoms with E-state index in [1.807, 2.05) is 31.2 Å². The minimum absolute atomic E-state index is 0.115. The zero-order chi connectivity index (χ0) is 13.4. The molecule has 0 fully saturated rings. The van der Waals surface area contributed by atoms with E-state index in [-0.39, 0.29) is 18.4 Å². The van der Waals surface area contributed by atoms with Gasteiger partial charge in [0.1, 0.15) is 0 Å². The first kappa shape index (κ1) is 14.9. The number of hydrogen-bond acceptors (Lipinski definition) is 2. The molecule has 1 atom stereocenters. The standard InChI is InChI=1S/C14H18BrNO2/c1-11(8-9-17)10-16-14(18)7-6-12-4-2-3-5-13(12)15/h2-7,11,17H,8-10H2,1H3,(H,16,18). The average molecular weight is 312 g/mol. The maximum Gasteiger partial charge on any atom is 0.244 e. The fourth-order valence-corrected chi connectivity index (χ4v) is 1.85. The first-order valence-electron chi connectivity index (χ1n) is 5.94. The molecule has 0 aliphatic heterocycles. The summed E-state index contributed by atoms with van der Waals surface area (Å²) in [6.07, 6.45) is 4.00. The molecule has 18 heavy (non-hydrogen) atoms. The van der Waals surface area contributed by atoms with Crippen molar-refractivity contribution in [3.63, 3.8) is 0 Å². The predicted molar refractivity (Wildman–Crippen MR) is 77.1 cm³/mol. The fraction of sp³-hybridized carbons (Fsp3) is 0.357. The number of rotatable bonds is 6. The van der Waals surface area contributed by atoms with Crippen LogP contribution in [0.15, 0.2) is 34.8 Å². The van der Waals surface area contributed by atoms with E-state index >= 15 is 0 Å². The topological polar surface area (TPSA) is 49.3 Å². The lowest BCUT2D eigenvalue weighted by Gasteiger charge is -2.09. The second-order valence-corrected chi connectivity index (χ2v) is 5.07. The van der Waals surface area contributed by atoms with Crippen LogP contribution in [0, 0.1) is 5.92 Å². The molecule has 0 saturated heterocycles. The minimum Gasteiger partial charge on any atom is -0.396 e. The van der Waals surface area contributed by atoms with Crippen molar-refractivity contribution in [2.24, 2.45) is 5.92 Å². The largest absolute Gasteiger partial charge is 0.396 e. The van der Waals surface area contributed by atoms with E-state index in [1.165, 1.54) is 6.08 Å². The van der Waals surface area contributed by atoms with Crippen molar-refractivity contribution >= 4 is 27.9 Å². The van der Waals surface area contributed by atoms with Gasteiger partial charge in [-0.1, -0.05) is 41.1 Å². The number of carbonyl (C=O) groups is 1. The Hall–Kier alpha value is -1.13. The van der Waals surface area contributed by atoms with Crippen molar-refractivity contribution < 1.29 is 9.90 Å². The Morgan fingerprint density at radius 3 is 2.89 bits per heavy atom. The van der Waals surface area contributed by atoms with Crippen LogP contribution in [-0.2, 0) is 4.79 Å². The molecule has 0 aliphatic carbocycles. The highest BCUT2D eigenvalue weighted by Crippen LogP contribution is 2.16. The molecular weight excluding hydrogens is 294 g/mol. The number of benzene rings is 1. The molecule has 98 valence electrons. The van der Waals surface area contributed by atoms with E-state index < -0.39 is 0 Å². The van der Waals surface area contributed by atoms with Gasteiger partial charge < -0.3 is 10.4 Å². The van der Waals surface area contributed by atoms with E-state index in [4.69, 9.17) is 5.11 Å². The molecule has 1 aromatic carbocycles. The lowest BCUT2D eigenvalue weighted by Crippen LogP contribution is -2.26. The van der Waals surface area contributed by atoms with Gasteiger partial charge in [-0.3, -0.25) is 4.79 Å². The monoisotopic (exact) mass is 311 g/mol. The van der Waals surface area contributed by atoms with E-state index in [2.05, 4.69) is 21.2 Å². The second-order valence-electron chi connectivity index (χ2n) is 4.22. The van der Waals surface area contributed by atoms with Gasteiger partial charge in [0.05, 0.1) is 0 Å². The van der Waals surface area contributed by atoms with Crippen molar-refractivity contribution in [1.29, 1.82) is 0 Å². The third kappa shape index (κ3) is 5.47. The van der Waals surface area contributed by atoms with E-state index in [9.17, 15) is 4.79 Å². The lowest BCUT2D eigenvalue weighted by atomic mass is 10.1.